The molecule has 5 aliphatic carbocycles. The first-order valence-electron chi connectivity index (χ1n) is 9.24. The van der Waals surface area contributed by atoms with Crippen molar-refractivity contribution >= 4 is 17.5 Å². The van der Waals surface area contributed by atoms with E-state index in [-0.39, 0.29) is 11.8 Å². The van der Waals surface area contributed by atoms with Gasteiger partial charge in [0.15, 0.2) is 0 Å². The normalized spacial score (nSPS) is 43.4. The highest BCUT2D eigenvalue weighted by molar-refractivity contribution is 6.31. The van der Waals surface area contributed by atoms with Crippen LogP contribution in [0, 0.1) is 29.6 Å². The van der Waals surface area contributed by atoms with Gasteiger partial charge in [-0.15, -0.1) is 0 Å². The number of hydrogen-bond donors (Lipinski definition) is 1. The number of carbonyl (C=O) groups is 1. The number of carbonyl (C=O) groups excluding carboxylic acids is 1. The SMILES string of the molecule is O=C(NC1C2CC3CC(C2)CC1C3)C1CC1c1ccccc1Cl. The molecule has 4 bridgehead atoms. The summed E-state index contributed by atoms with van der Waals surface area (Å²) in [6.07, 6.45) is 7.86. The van der Waals surface area contributed by atoms with E-state index in [1.807, 2.05) is 18.2 Å². The molecule has 0 heterocycles. The highest BCUT2D eigenvalue weighted by Gasteiger charge is 2.51. The average Bonchev–Trinajstić information content (AvgIpc) is 3.31. The van der Waals surface area contributed by atoms with E-state index in [0.717, 1.165) is 40.7 Å². The molecule has 2 unspecified atom stereocenters. The molecule has 2 atom stereocenters. The van der Waals surface area contributed by atoms with Crippen molar-refractivity contribution < 1.29 is 4.79 Å². The number of nitrogens with one attached hydrogen (secondary N) is 1. The molecule has 23 heavy (non-hydrogen) atoms. The Balaban J connectivity index is 1.26. The first kappa shape index (κ1) is 14.3. The summed E-state index contributed by atoms with van der Waals surface area (Å²) < 4.78 is 0. The lowest BCUT2D eigenvalue weighted by Crippen LogP contribution is -2.56. The third-order valence-electron chi connectivity index (χ3n) is 6.97. The third-order valence-corrected chi connectivity index (χ3v) is 7.31. The second-order valence-corrected chi connectivity index (χ2v) is 8.84. The van der Waals surface area contributed by atoms with Gasteiger partial charge in [0, 0.05) is 17.0 Å². The van der Waals surface area contributed by atoms with Gasteiger partial charge in [-0.25, -0.2) is 0 Å². The quantitative estimate of drug-likeness (QED) is 0.875. The molecule has 0 radical (unpaired) electrons. The molecule has 3 heteroatoms. The lowest BCUT2D eigenvalue weighted by atomic mass is 9.54. The molecule has 2 nitrogen and oxygen atoms in total. The Morgan fingerprint density at radius 1 is 0.957 bits per heavy atom. The second kappa shape index (κ2) is 5.24. The van der Waals surface area contributed by atoms with Crippen LogP contribution in [0.5, 0.6) is 0 Å². The van der Waals surface area contributed by atoms with E-state index in [2.05, 4.69) is 11.4 Å². The van der Waals surface area contributed by atoms with E-state index in [1.165, 1.54) is 32.1 Å². The molecule has 1 aromatic rings. The van der Waals surface area contributed by atoms with E-state index >= 15 is 0 Å². The van der Waals surface area contributed by atoms with Crippen molar-refractivity contribution in [2.45, 2.75) is 50.5 Å². The molecule has 6 rings (SSSR count). The van der Waals surface area contributed by atoms with Crippen LogP contribution < -0.4 is 5.32 Å². The third kappa shape index (κ3) is 2.41. The Bertz CT molecular complexity index is 614. The molecule has 1 N–H and O–H groups in total. The number of halogens is 1. The van der Waals surface area contributed by atoms with E-state index < -0.39 is 0 Å². The molecule has 0 aromatic heterocycles. The van der Waals surface area contributed by atoms with Gasteiger partial charge in [0.25, 0.3) is 0 Å². The van der Waals surface area contributed by atoms with Crippen LogP contribution in [0.15, 0.2) is 24.3 Å². The summed E-state index contributed by atoms with van der Waals surface area (Å²) in [7, 11) is 0. The maximum Gasteiger partial charge on any atom is 0.223 e. The minimum absolute atomic E-state index is 0.145. The Morgan fingerprint density at radius 3 is 2.26 bits per heavy atom. The Morgan fingerprint density at radius 2 is 1.61 bits per heavy atom. The predicted octanol–water partition coefficient (Wildman–Crippen LogP) is 4.38. The van der Waals surface area contributed by atoms with Crippen molar-refractivity contribution in [2.75, 3.05) is 0 Å². The van der Waals surface area contributed by atoms with Gasteiger partial charge in [0.1, 0.15) is 0 Å². The Kier molecular flexibility index (Phi) is 3.27. The number of rotatable bonds is 3. The van der Waals surface area contributed by atoms with Crippen molar-refractivity contribution in [1.29, 1.82) is 0 Å². The topological polar surface area (TPSA) is 29.1 Å². The van der Waals surface area contributed by atoms with Gasteiger partial charge in [-0.3, -0.25) is 4.79 Å². The minimum atomic E-state index is 0.145. The van der Waals surface area contributed by atoms with Crippen molar-refractivity contribution in [3.63, 3.8) is 0 Å². The van der Waals surface area contributed by atoms with Crippen molar-refractivity contribution in [3.05, 3.63) is 34.9 Å². The highest BCUT2D eigenvalue weighted by Crippen LogP contribution is 2.54. The highest BCUT2D eigenvalue weighted by atomic mass is 35.5. The van der Waals surface area contributed by atoms with Crippen molar-refractivity contribution in [1.82, 2.24) is 5.32 Å². The van der Waals surface area contributed by atoms with Crippen LogP contribution in [0.3, 0.4) is 0 Å². The lowest BCUT2D eigenvalue weighted by molar-refractivity contribution is -0.126. The first-order valence-corrected chi connectivity index (χ1v) is 9.61. The van der Waals surface area contributed by atoms with E-state index in [4.69, 9.17) is 11.6 Å². The van der Waals surface area contributed by atoms with Gasteiger partial charge in [-0.05, 0) is 79.7 Å². The summed E-state index contributed by atoms with van der Waals surface area (Å²) in [6, 6.07) is 8.44. The van der Waals surface area contributed by atoms with Crippen LogP contribution in [0.4, 0.5) is 0 Å². The Labute approximate surface area is 143 Å². The molecular weight excluding hydrogens is 306 g/mol. The zero-order valence-electron chi connectivity index (χ0n) is 13.4. The maximum atomic E-state index is 12.7. The van der Waals surface area contributed by atoms with Gasteiger partial charge >= 0.3 is 0 Å². The molecule has 0 saturated heterocycles. The Hall–Kier alpha value is -1.02. The summed E-state index contributed by atoms with van der Waals surface area (Å²) in [5, 5.41) is 4.27. The fourth-order valence-corrected chi connectivity index (χ4v) is 6.31. The van der Waals surface area contributed by atoms with Crippen molar-refractivity contribution in [2.24, 2.45) is 29.6 Å². The molecule has 5 aliphatic rings. The van der Waals surface area contributed by atoms with Crippen LogP contribution in [0.1, 0.15) is 50.0 Å². The summed E-state index contributed by atoms with van der Waals surface area (Å²) in [5.74, 6) is 4.20. The fraction of sp³-hybridized carbons (Fsp3) is 0.650. The van der Waals surface area contributed by atoms with Crippen LogP contribution in [0.25, 0.3) is 0 Å². The largest absolute Gasteiger partial charge is 0.353 e. The zero-order valence-corrected chi connectivity index (χ0v) is 14.1. The summed E-state index contributed by atoms with van der Waals surface area (Å²) in [5.41, 5.74) is 1.15. The summed E-state index contributed by atoms with van der Waals surface area (Å²) in [6.45, 7) is 0. The molecule has 5 fully saturated rings. The monoisotopic (exact) mass is 329 g/mol. The number of amides is 1. The molecule has 0 aliphatic heterocycles. The summed E-state index contributed by atoms with van der Waals surface area (Å²) in [4.78, 5) is 12.7. The van der Waals surface area contributed by atoms with E-state index in [0.29, 0.717) is 12.0 Å². The molecular formula is C20H24ClNO. The zero-order chi connectivity index (χ0) is 15.6. The van der Waals surface area contributed by atoms with Gasteiger partial charge < -0.3 is 5.32 Å². The van der Waals surface area contributed by atoms with Gasteiger partial charge in [0.2, 0.25) is 5.91 Å². The lowest BCUT2D eigenvalue weighted by Gasteiger charge is -2.54. The minimum Gasteiger partial charge on any atom is -0.353 e. The molecule has 1 aromatic carbocycles. The van der Waals surface area contributed by atoms with Gasteiger partial charge in [0.05, 0.1) is 0 Å². The molecule has 1 amide bonds. The van der Waals surface area contributed by atoms with E-state index in [1.54, 1.807) is 0 Å². The van der Waals surface area contributed by atoms with Crippen LogP contribution in [-0.4, -0.2) is 11.9 Å². The smallest absolute Gasteiger partial charge is 0.223 e. The summed E-state index contributed by atoms with van der Waals surface area (Å²) >= 11 is 6.29. The van der Waals surface area contributed by atoms with Crippen LogP contribution in [0.2, 0.25) is 5.02 Å². The average molecular weight is 330 g/mol. The van der Waals surface area contributed by atoms with E-state index in [9.17, 15) is 4.79 Å². The standard InChI is InChI=1S/C20H24ClNO/c21-18-4-2-1-3-15(18)16-10-17(16)20(23)22-19-13-6-11-5-12(8-13)9-14(19)7-11/h1-4,11-14,16-17,19H,5-10H2,(H,22,23). The molecule has 5 saturated carbocycles. The number of hydrogen-bond acceptors (Lipinski definition) is 1. The maximum absolute atomic E-state index is 12.7. The molecule has 0 spiro atoms. The van der Waals surface area contributed by atoms with Crippen molar-refractivity contribution in [3.8, 4) is 0 Å². The van der Waals surface area contributed by atoms with Gasteiger partial charge in [-0.2, -0.15) is 0 Å². The van der Waals surface area contributed by atoms with Gasteiger partial charge in [-0.1, -0.05) is 29.8 Å². The fourth-order valence-electron chi connectivity index (χ4n) is 6.04. The second-order valence-electron chi connectivity index (χ2n) is 8.44. The molecule has 122 valence electrons. The predicted molar refractivity (Wildman–Crippen MR) is 91.3 cm³/mol. The number of benzene rings is 1. The van der Waals surface area contributed by atoms with Crippen LogP contribution >= 0.6 is 11.6 Å². The first-order chi connectivity index (χ1) is 11.2. The van der Waals surface area contributed by atoms with Crippen LogP contribution in [-0.2, 0) is 4.79 Å².